The van der Waals surface area contributed by atoms with Gasteiger partial charge in [-0.3, -0.25) is 0 Å². The Morgan fingerprint density at radius 2 is 1.15 bits per heavy atom. The molecule has 0 saturated carbocycles. The van der Waals surface area contributed by atoms with Crippen LogP contribution in [-0.2, 0) is 0 Å². The molecular weight excluding hydrogens is 342 g/mol. The predicted octanol–water partition coefficient (Wildman–Crippen LogP) is 2.69. The number of benzene rings is 2. The molecule has 0 amide bonds. The summed E-state index contributed by atoms with van der Waals surface area (Å²) in [5, 5.41) is 23.1. The molecule has 0 aliphatic heterocycles. The Morgan fingerprint density at radius 1 is 0.741 bits per heavy atom. The molecule has 5 heteroatoms. The number of aliphatic hydroxyl groups is 2. The number of ether oxygens (including phenoxy) is 2. The highest BCUT2D eigenvalue weighted by Gasteiger charge is 2.10. The second-order valence-electron chi connectivity index (χ2n) is 7.13. The van der Waals surface area contributed by atoms with Crippen LogP contribution < -0.4 is 14.8 Å². The Bertz CT molecular complexity index is 671. The molecule has 3 N–H and O–H groups in total. The summed E-state index contributed by atoms with van der Waals surface area (Å²) < 4.78 is 11.3. The zero-order valence-electron chi connectivity index (χ0n) is 16.7. The SMILES string of the molecule is Cc1ccc(OC[C@H](O)CNC[C@@H](O)COc2ccc(C)cc2C)c(C)c1. The molecule has 0 aliphatic rings. The number of hydrogen-bond donors (Lipinski definition) is 3. The molecule has 2 atom stereocenters. The first-order chi connectivity index (χ1) is 12.8. The van der Waals surface area contributed by atoms with Crippen LogP contribution >= 0.6 is 0 Å². The summed E-state index contributed by atoms with van der Waals surface area (Å²) in [5.74, 6) is 1.56. The monoisotopic (exact) mass is 373 g/mol. The minimum absolute atomic E-state index is 0.200. The van der Waals surface area contributed by atoms with Gasteiger partial charge in [-0.15, -0.1) is 0 Å². The van der Waals surface area contributed by atoms with Crippen molar-refractivity contribution in [2.45, 2.75) is 39.9 Å². The average molecular weight is 373 g/mol. The Kier molecular flexibility index (Phi) is 8.10. The van der Waals surface area contributed by atoms with Crippen LogP contribution in [0.15, 0.2) is 36.4 Å². The Hall–Kier alpha value is -2.08. The van der Waals surface area contributed by atoms with Crippen LogP contribution in [0.4, 0.5) is 0 Å². The van der Waals surface area contributed by atoms with Gasteiger partial charge in [0.05, 0.1) is 0 Å². The number of rotatable bonds is 10. The summed E-state index contributed by atoms with van der Waals surface area (Å²) >= 11 is 0. The van der Waals surface area contributed by atoms with Gasteiger partial charge in [-0.25, -0.2) is 0 Å². The molecule has 5 nitrogen and oxygen atoms in total. The van der Waals surface area contributed by atoms with Crippen LogP contribution in [-0.4, -0.2) is 48.7 Å². The van der Waals surface area contributed by atoms with Crippen molar-refractivity contribution >= 4 is 0 Å². The topological polar surface area (TPSA) is 71.0 Å². The van der Waals surface area contributed by atoms with Crippen LogP contribution in [0.2, 0.25) is 0 Å². The lowest BCUT2D eigenvalue weighted by atomic mass is 10.1. The lowest BCUT2D eigenvalue weighted by Crippen LogP contribution is -2.37. The summed E-state index contributed by atoms with van der Waals surface area (Å²) in [4.78, 5) is 0. The Labute approximate surface area is 162 Å². The van der Waals surface area contributed by atoms with Gasteiger partial charge < -0.3 is 25.0 Å². The molecule has 0 spiro atoms. The van der Waals surface area contributed by atoms with E-state index in [0.29, 0.717) is 13.1 Å². The summed E-state index contributed by atoms with van der Waals surface area (Å²) in [5.41, 5.74) is 4.46. The van der Waals surface area contributed by atoms with Crippen molar-refractivity contribution in [1.82, 2.24) is 5.32 Å². The van der Waals surface area contributed by atoms with E-state index in [4.69, 9.17) is 9.47 Å². The van der Waals surface area contributed by atoms with E-state index >= 15 is 0 Å². The number of nitrogens with one attached hydrogen (secondary N) is 1. The largest absolute Gasteiger partial charge is 0.491 e. The zero-order valence-corrected chi connectivity index (χ0v) is 16.7. The summed E-state index contributed by atoms with van der Waals surface area (Å²) in [7, 11) is 0. The summed E-state index contributed by atoms with van der Waals surface area (Å²) in [6.45, 7) is 9.11. The second-order valence-corrected chi connectivity index (χ2v) is 7.13. The highest BCUT2D eigenvalue weighted by molar-refractivity contribution is 5.36. The average Bonchev–Trinajstić information content (AvgIpc) is 2.60. The van der Waals surface area contributed by atoms with Gasteiger partial charge in [-0.1, -0.05) is 35.4 Å². The van der Waals surface area contributed by atoms with E-state index in [9.17, 15) is 10.2 Å². The fraction of sp³-hybridized carbons (Fsp3) is 0.455. The fourth-order valence-electron chi connectivity index (χ4n) is 2.83. The lowest BCUT2D eigenvalue weighted by Gasteiger charge is -2.17. The van der Waals surface area contributed by atoms with E-state index in [1.54, 1.807) is 0 Å². The van der Waals surface area contributed by atoms with Crippen LogP contribution in [0.5, 0.6) is 11.5 Å². The van der Waals surface area contributed by atoms with Crippen molar-refractivity contribution in [1.29, 1.82) is 0 Å². The fourth-order valence-corrected chi connectivity index (χ4v) is 2.83. The maximum absolute atomic E-state index is 10.0. The second kappa shape index (κ2) is 10.3. The molecule has 2 aromatic carbocycles. The minimum atomic E-state index is -0.654. The zero-order chi connectivity index (χ0) is 19.8. The molecule has 2 aromatic rings. The van der Waals surface area contributed by atoms with Crippen molar-refractivity contribution < 1.29 is 19.7 Å². The van der Waals surface area contributed by atoms with Crippen molar-refractivity contribution in [3.63, 3.8) is 0 Å². The first kappa shape index (κ1) is 21.2. The van der Waals surface area contributed by atoms with Gasteiger partial charge in [-0.2, -0.15) is 0 Å². The Balaban J connectivity index is 1.64. The van der Waals surface area contributed by atoms with Crippen LogP contribution in [0.3, 0.4) is 0 Å². The van der Waals surface area contributed by atoms with Crippen LogP contribution in [0.25, 0.3) is 0 Å². The maximum atomic E-state index is 10.0. The molecule has 148 valence electrons. The van der Waals surface area contributed by atoms with E-state index in [0.717, 1.165) is 22.6 Å². The molecule has 0 unspecified atom stereocenters. The van der Waals surface area contributed by atoms with Gasteiger partial charge in [0.25, 0.3) is 0 Å². The third kappa shape index (κ3) is 7.21. The van der Waals surface area contributed by atoms with Crippen molar-refractivity contribution in [3.05, 3.63) is 58.7 Å². The number of aliphatic hydroxyl groups excluding tert-OH is 2. The molecule has 0 heterocycles. The Morgan fingerprint density at radius 3 is 1.52 bits per heavy atom. The van der Waals surface area contributed by atoms with Gasteiger partial charge >= 0.3 is 0 Å². The minimum Gasteiger partial charge on any atom is -0.491 e. The third-order valence-electron chi connectivity index (χ3n) is 4.28. The van der Waals surface area contributed by atoms with Gasteiger partial charge in [0.1, 0.15) is 36.9 Å². The molecule has 2 rings (SSSR count). The van der Waals surface area contributed by atoms with E-state index in [1.165, 1.54) is 11.1 Å². The smallest absolute Gasteiger partial charge is 0.122 e. The van der Waals surface area contributed by atoms with Crippen molar-refractivity contribution in [3.8, 4) is 11.5 Å². The molecule has 0 radical (unpaired) electrons. The molecule has 0 saturated heterocycles. The molecule has 0 fully saturated rings. The molecule has 0 aliphatic carbocycles. The molecule has 27 heavy (non-hydrogen) atoms. The number of hydrogen-bond acceptors (Lipinski definition) is 5. The molecule has 0 bridgehead atoms. The first-order valence-electron chi connectivity index (χ1n) is 9.32. The van der Waals surface area contributed by atoms with Crippen LogP contribution in [0.1, 0.15) is 22.3 Å². The van der Waals surface area contributed by atoms with Gasteiger partial charge in [-0.05, 0) is 51.0 Å². The van der Waals surface area contributed by atoms with Crippen molar-refractivity contribution in [2.24, 2.45) is 0 Å². The van der Waals surface area contributed by atoms with E-state index in [-0.39, 0.29) is 13.2 Å². The standard InChI is InChI=1S/C22H31NO4/c1-15-5-7-21(17(3)9-15)26-13-19(24)11-23-12-20(25)14-27-22-8-6-16(2)10-18(22)4/h5-10,19-20,23-25H,11-14H2,1-4H3/t19-,20-/m1/s1. The summed E-state index contributed by atoms with van der Waals surface area (Å²) in [6, 6.07) is 11.9. The molecular formula is C22H31NO4. The normalized spacial score (nSPS) is 13.3. The highest BCUT2D eigenvalue weighted by atomic mass is 16.5. The summed E-state index contributed by atoms with van der Waals surface area (Å²) in [6.07, 6.45) is -1.31. The van der Waals surface area contributed by atoms with Gasteiger partial charge in [0.15, 0.2) is 0 Å². The first-order valence-corrected chi connectivity index (χ1v) is 9.32. The third-order valence-corrected chi connectivity index (χ3v) is 4.28. The van der Waals surface area contributed by atoms with Crippen LogP contribution in [0, 0.1) is 27.7 Å². The quantitative estimate of drug-likeness (QED) is 0.597. The van der Waals surface area contributed by atoms with E-state index < -0.39 is 12.2 Å². The van der Waals surface area contributed by atoms with Gasteiger partial charge in [0.2, 0.25) is 0 Å². The highest BCUT2D eigenvalue weighted by Crippen LogP contribution is 2.19. The molecule has 0 aromatic heterocycles. The predicted molar refractivity (Wildman–Crippen MR) is 108 cm³/mol. The van der Waals surface area contributed by atoms with Crippen molar-refractivity contribution in [2.75, 3.05) is 26.3 Å². The van der Waals surface area contributed by atoms with E-state index in [2.05, 4.69) is 5.32 Å². The number of aryl methyl sites for hydroxylation is 4. The van der Waals surface area contributed by atoms with Gasteiger partial charge in [0, 0.05) is 13.1 Å². The lowest BCUT2D eigenvalue weighted by molar-refractivity contribution is 0.0855. The van der Waals surface area contributed by atoms with E-state index in [1.807, 2.05) is 64.1 Å². The maximum Gasteiger partial charge on any atom is 0.122 e.